The molecule has 1 amide bonds. The molecule has 1 N–H and O–H groups in total. The minimum absolute atomic E-state index is 0.0813. The zero-order valence-electron chi connectivity index (χ0n) is 19.4. The maximum atomic E-state index is 13.3. The summed E-state index contributed by atoms with van der Waals surface area (Å²) < 4.78 is 5.76. The van der Waals surface area contributed by atoms with Gasteiger partial charge < -0.3 is 9.84 Å². The Labute approximate surface area is 211 Å². The lowest BCUT2D eigenvalue weighted by Gasteiger charge is -2.23. The van der Waals surface area contributed by atoms with E-state index in [0.29, 0.717) is 39.1 Å². The summed E-state index contributed by atoms with van der Waals surface area (Å²) in [6.45, 7) is 5.59. The van der Waals surface area contributed by atoms with Gasteiger partial charge in [-0.1, -0.05) is 42.0 Å². The van der Waals surface area contributed by atoms with E-state index in [4.69, 9.17) is 16.3 Å². The number of aryl methyl sites for hydroxylation is 1. The van der Waals surface area contributed by atoms with Gasteiger partial charge in [0.2, 0.25) is 0 Å². The number of carbonyl (C=O) groups is 3. The topological polar surface area (TPSA) is 96.8 Å². The van der Waals surface area contributed by atoms with E-state index in [1.165, 1.54) is 11.8 Å². The summed E-state index contributed by atoms with van der Waals surface area (Å²) >= 11 is 7.02. The Morgan fingerprint density at radius 1 is 1.20 bits per heavy atom. The zero-order chi connectivity index (χ0) is 25.3. The number of aliphatic hydroxyl groups excluding tert-OH is 1. The highest BCUT2D eigenvalue weighted by Crippen LogP contribution is 2.44. The highest BCUT2D eigenvalue weighted by atomic mass is 35.5. The van der Waals surface area contributed by atoms with Crippen molar-refractivity contribution in [2.45, 2.75) is 33.2 Å². The molecule has 180 valence electrons. The number of hydrogen-bond acceptors (Lipinski definition) is 7. The van der Waals surface area contributed by atoms with Crippen LogP contribution in [0.2, 0.25) is 5.02 Å². The molecule has 1 aliphatic rings. The fourth-order valence-corrected chi connectivity index (χ4v) is 5.03. The van der Waals surface area contributed by atoms with Gasteiger partial charge in [-0.2, -0.15) is 0 Å². The molecular weight excluding hydrogens is 488 g/mol. The second-order valence-electron chi connectivity index (χ2n) is 8.06. The first-order chi connectivity index (χ1) is 16.7. The predicted octanol–water partition coefficient (Wildman–Crippen LogP) is 5.72. The Morgan fingerprint density at radius 2 is 1.91 bits per heavy atom. The van der Waals surface area contributed by atoms with Crippen LogP contribution in [-0.4, -0.2) is 34.2 Å². The highest BCUT2D eigenvalue weighted by Gasteiger charge is 2.48. The molecule has 1 fully saturated rings. The van der Waals surface area contributed by atoms with Crippen LogP contribution in [0.25, 0.3) is 5.76 Å². The third-order valence-corrected chi connectivity index (χ3v) is 7.03. The van der Waals surface area contributed by atoms with Crippen LogP contribution in [0, 0.1) is 6.92 Å². The van der Waals surface area contributed by atoms with Gasteiger partial charge in [0.15, 0.2) is 10.9 Å². The van der Waals surface area contributed by atoms with Crippen LogP contribution in [-0.2, 0) is 9.59 Å². The van der Waals surface area contributed by atoms with Crippen molar-refractivity contribution in [3.63, 3.8) is 0 Å². The van der Waals surface area contributed by atoms with Crippen LogP contribution in [0.3, 0.4) is 0 Å². The molecule has 7 nitrogen and oxygen atoms in total. The van der Waals surface area contributed by atoms with E-state index in [9.17, 15) is 19.5 Å². The highest BCUT2D eigenvalue weighted by molar-refractivity contribution is 7.18. The van der Waals surface area contributed by atoms with Crippen molar-refractivity contribution in [3.8, 4) is 5.75 Å². The van der Waals surface area contributed by atoms with Crippen molar-refractivity contribution in [1.29, 1.82) is 0 Å². The molecule has 0 spiro atoms. The summed E-state index contributed by atoms with van der Waals surface area (Å²) in [6.07, 6.45) is 0.811. The number of rotatable bonds is 7. The maximum absolute atomic E-state index is 13.3. The van der Waals surface area contributed by atoms with Gasteiger partial charge in [0.05, 0.1) is 28.8 Å². The summed E-state index contributed by atoms with van der Waals surface area (Å²) in [5.41, 5.74) is 1.29. The molecule has 0 radical (unpaired) electrons. The van der Waals surface area contributed by atoms with E-state index in [1.54, 1.807) is 55.5 Å². The number of amides is 1. The fraction of sp³-hybridized carbons (Fsp3) is 0.231. The molecule has 1 aromatic heterocycles. The Kier molecular flexibility index (Phi) is 7.05. The Hall–Kier alpha value is -3.49. The van der Waals surface area contributed by atoms with Gasteiger partial charge in [0, 0.05) is 17.5 Å². The summed E-state index contributed by atoms with van der Waals surface area (Å²) in [7, 11) is 0. The van der Waals surface area contributed by atoms with Crippen LogP contribution in [0.15, 0.2) is 54.1 Å². The number of benzene rings is 2. The standard InChI is InChI=1S/C26H23ClN2O5S/c1-4-12-34-19-7-5-6-17(13-19)21-20(22(31)16-8-10-18(27)11-9-16)23(32)25(33)29(21)26-28-14(2)24(35-26)15(3)30/h5-11,13,21,31H,4,12H2,1-3H3/b22-20+. The first kappa shape index (κ1) is 24.6. The maximum Gasteiger partial charge on any atom is 0.301 e. The van der Waals surface area contributed by atoms with E-state index in [0.717, 1.165) is 17.8 Å². The van der Waals surface area contributed by atoms with Crippen molar-refractivity contribution in [2.75, 3.05) is 11.5 Å². The molecule has 1 unspecified atom stereocenters. The number of aliphatic hydroxyl groups is 1. The van der Waals surface area contributed by atoms with Gasteiger partial charge in [0.25, 0.3) is 5.78 Å². The molecule has 4 rings (SSSR count). The predicted molar refractivity (Wildman–Crippen MR) is 135 cm³/mol. The van der Waals surface area contributed by atoms with Gasteiger partial charge in [-0.15, -0.1) is 0 Å². The fourth-order valence-electron chi connectivity index (χ4n) is 3.91. The van der Waals surface area contributed by atoms with Crippen LogP contribution in [0.4, 0.5) is 5.13 Å². The summed E-state index contributed by atoms with van der Waals surface area (Å²) in [5.74, 6) is -1.63. The lowest BCUT2D eigenvalue weighted by Crippen LogP contribution is -2.29. The van der Waals surface area contributed by atoms with Crippen molar-refractivity contribution in [2.24, 2.45) is 0 Å². The first-order valence-corrected chi connectivity index (χ1v) is 12.2. The number of nitrogens with zero attached hydrogens (tertiary/aromatic N) is 2. The molecule has 1 aliphatic heterocycles. The second-order valence-corrected chi connectivity index (χ2v) is 9.48. The van der Waals surface area contributed by atoms with Gasteiger partial charge in [-0.05, 0) is 55.3 Å². The van der Waals surface area contributed by atoms with Crippen molar-refractivity contribution in [1.82, 2.24) is 4.98 Å². The summed E-state index contributed by atoms with van der Waals surface area (Å²) in [6, 6.07) is 12.4. The molecule has 0 bridgehead atoms. The Bertz CT molecular complexity index is 1350. The zero-order valence-corrected chi connectivity index (χ0v) is 20.9. The normalized spacial score (nSPS) is 17.1. The average Bonchev–Trinajstić information content (AvgIpc) is 3.35. The number of halogens is 1. The Morgan fingerprint density at radius 3 is 2.54 bits per heavy atom. The third kappa shape index (κ3) is 4.72. The summed E-state index contributed by atoms with van der Waals surface area (Å²) in [5, 5.41) is 11.9. The summed E-state index contributed by atoms with van der Waals surface area (Å²) in [4.78, 5) is 44.7. The van der Waals surface area contributed by atoms with Crippen LogP contribution >= 0.6 is 22.9 Å². The van der Waals surface area contributed by atoms with Crippen molar-refractivity contribution >= 4 is 51.3 Å². The molecule has 3 aromatic rings. The number of hydrogen-bond donors (Lipinski definition) is 1. The van der Waals surface area contributed by atoms with Crippen LogP contribution in [0.1, 0.15) is 52.8 Å². The largest absolute Gasteiger partial charge is 0.507 e. The van der Waals surface area contributed by atoms with Gasteiger partial charge in [-0.25, -0.2) is 4.98 Å². The van der Waals surface area contributed by atoms with Crippen molar-refractivity contribution in [3.05, 3.63) is 80.8 Å². The minimum atomic E-state index is -0.971. The number of carbonyl (C=O) groups excluding carboxylic acids is 3. The number of anilines is 1. The average molecular weight is 511 g/mol. The number of Topliss-reactive ketones (excluding diaryl/α,β-unsaturated/α-hetero) is 2. The second kappa shape index (κ2) is 10.0. The first-order valence-electron chi connectivity index (χ1n) is 11.0. The van der Waals surface area contributed by atoms with E-state index in [1.807, 2.05) is 6.92 Å². The SMILES string of the molecule is CCCOc1cccc(C2/C(=C(\O)c3ccc(Cl)cc3)C(=O)C(=O)N2c2nc(C)c(C(C)=O)s2)c1. The molecule has 2 heterocycles. The quantitative estimate of drug-likeness (QED) is 0.189. The van der Waals surface area contributed by atoms with Gasteiger partial charge >= 0.3 is 5.91 Å². The number of ketones is 2. The molecule has 1 atom stereocenters. The van der Waals surface area contributed by atoms with E-state index >= 15 is 0 Å². The molecule has 1 saturated heterocycles. The van der Waals surface area contributed by atoms with Gasteiger partial charge in [-0.3, -0.25) is 19.3 Å². The lowest BCUT2D eigenvalue weighted by atomic mass is 9.95. The molecular formula is C26H23ClN2O5S. The van der Waals surface area contributed by atoms with Crippen LogP contribution < -0.4 is 9.64 Å². The van der Waals surface area contributed by atoms with E-state index in [2.05, 4.69) is 4.98 Å². The number of thiazole rings is 1. The van der Waals surface area contributed by atoms with Crippen molar-refractivity contribution < 1.29 is 24.2 Å². The lowest BCUT2D eigenvalue weighted by molar-refractivity contribution is -0.132. The number of aromatic nitrogens is 1. The molecule has 2 aromatic carbocycles. The molecule has 35 heavy (non-hydrogen) atoms. The molecule has 0 saturated carbocycles. The molecule has 0 aliphatic carbocycles. The van der Waals surface area contributed by atoms with Gasteiger partial charge in [0.1, 0.15) is 11.5 Å². The third-order valence-electron chi connectivity index (χ3n) is 5.52. The molecule has 9 heteroatoms. The van der Waals surface area contributed by atoms with Crippen LogP contribution in [0.5, 0.6) is 5.75 Å². The van der Waals surface area contributed by atoms with E-state index in [-0.39, 0.29) is 22.2 Å². The smallest absolute Gasteiger partial charge is 0.301 e. The van der Waals surface area contributed by atoms with E-state index < -0.39 is 17.7 Å². The Balaban J connectivity index is 1.92. The minimum Gasteiger partial charge on any atom is -0.507 e. The monoisotopic (exact) mass is 510 g/mol. The number of ether oxygens (including phenoxy) is 1.